The lowest BCUT2D eigenvalue weighted by Crippen LogP contribution is -3.13. The van der Waals surface area contributed by atoms with Crippen LogP contribution in [0.1, 0.15) is 78.1 Å². The minimum absolute atomic E-state index is 0. The van der Waals surface area contributed by atoms with E-state index in [1.165, 1.54) is 83.8 Å². The van der Waals surface area contributed by atoms with Gasteiger partial charge in [-0.2, -0.15) is 0 Å². The summed E-state index contributed by atoms with van der Waals surface area (Å²) in [7, 11) is 0. The Morgan fingerprint density at radius 2 is 1.67 bits per heavy atom. The van der Waals surface area contributed by atoms with Crippen molar-refractivity contribution in [2.75, 3.05) is 19.6 Å². The quantitative estimate of drug-likeness (QED) is 0.583. The van der Waals surface area contributed by atoms with E-state index in [1.807, 2.05) is 4.90 Å². The van der Waals surface area contributed by atoms with E-state index in [-0.39, 0.29) is 12.4 Å². The van der Waals surface area contributed by atoms with Gasteiger partial charge in [0.1, 0.15) is 0 Å². The zero-order chi connectivity index (χ0) is 12.3. The van der Waals surface area contributed by atoms with Gasteiger partial charge in [0.05, 0.1) is 19.6 Å². The van der Waals surface area contributed by atoms with Crippen LogP contribution in [0.5, 0.6) is 0 Å². The molecule has 18 heavy (non-hydrogen) atoms. The van der Waals surface area contributed by atoms with Crippen molar-refractivity contribution in [1.29, 1.82) is 0 Å². The highest BCUT2D eigenvalue weighted by Gasteiger charge is 2.21. The number of quaternary nitrogens is 1. The van der Waals surface area contributed by atoms with Crippen LogP contribution in [0.2, 0.25) is 0 Å². The molecule has 0 spiro atoms. The largest absolute Gasteiger partial charge is 1.00 e. The molecule has 1 saturated heterocycles. The van der Waals surface area contributed by atoms with Gasteiger partial charge in [-0.15, -0.1) is 0 Å². The molecule has 0 radical (unpaired) electrons. The van der Waals surface area contributed by atoms with Gasteiger partial charge in [-0.3, -0.25) is 0 Å². The number of piperidine rings is 1. The van der Waals surface area contributed by atoms with Gasteiger partial charge >= 0.3 is 0 Å². The molecule has 2 atom stereocenters. The molecule has 0 aromatic heterocycles. The molecular formula is C16H34ClN. The van der Waals surface area contributed by atoms with Crippen molar-refractivity contribution in [3.8, 4) is 0 Å². The Hall–Kier alpha value is 0.250. The van der Waals surface area contributed by atoms with E-state index >= 15 is 0 Å². The number of hydrogen-bond acceptors (Lipinski definition) is 0. The summed E-state index contributed by atoms with van der Waals surface area (Å²) < 4.78 is 0. The standard InChI is InChI=1S/C16H33N.ClH/c1-3-5-6-7-8-9-13-17-14-10-12-16(15-17)11-4-2;/h16H,3-15H2,1-2H3;1H. The van der Waals surface area contributed by atoms with E-state index < -0.39 is 0 Å². The number of nitrogens with one attached hydrogen (secondary N) is 1. The monoisotopic (exact) mass is 275 g/mol. The molecule has 1 heterocycles. The van der Waals surface area contributed by atoms with Gasteiger partial charge in [0, 0.05) is 5.92 Å². The number of hydrogen-bond donors (Lipinski definition) is 1. The Kier molecular flexibility index (Phi) is 12.5. The molecule has 1 rings (SSSR count). The van der Waals surface area contributed by atoms with Gasteiger partial charge in [0.25, 0.3) is 0 Å². The summed E-state index contributed by atoms with van der Waals surface area (Å²) in [6.45, 7) is 9.01. The maximum atomic E-state index is 2.34. The highest BCUT2D eigenvalue weighted by atomic mass is 35.5. The highest BCUT2D eigenvalue weighted by Crippen LogP contribution is 2.13. The lowest BCUT2D eigenvalue weighted by atomic mass is 9.93. The van der Waals surface area contributed by atoms with Crippen LogP contribution in [-0.2, 0) is 0 Å². The van der Waals surface area contributed by atoms with E-state index in [9.17, 15) is 0 Å². The van der Waals surface area contributed by atoms with Crippen LogP contribution in [0.25, 0.3) is 0 Å². The Morgan fingerprint density at radius 1 is 0.944 bits per heavy atom. The van der Waals surface area contributed by atoms with Crippen molar-refractivity contribution < 1.29 is 17.3 Å². The van der Waals surface area contributed by atoms with E-state index in [4.69, 9.17) is 0 Å². The second kappa shape index (κ2) is 12.3. The normalized spacial score (nSPS) is 23.7. The van der Waals surface area contributed by atoms with Gasteiger partial charge < -0.3 is 17.3 Å². The molecule has 0 aliphatic carbocycles. The maximum absolute atomic E-state index is 2.34. The van der Waals surface area contributed by atoms with Gasteiger partial charge in [0.2, 0.25) is 0 Å². The third kappa shape index (κ3) is 8.37. The fourth-order valence-electron chi connectivity index (χ4n) is 3.29. The van der Waals surface area contributed by atoms with Crippen LogP contribution in [0.3, 0.4) is 0 Å². The summed E-state index contributed by atoms with van der Waals surface area (Å²) in [6.07, 6.45) is 14.5. The first-order valence-electron chi connectivity index (χ1n) is 8.20. The predicted octanol–water partition coefficient (Wildman–Crippen LogP) is 0.446. The molecule has 0 amide bonds. The zero-order valence-corrected chi connectivity index (χ0v) is 13.4. The van der Waals surface area contributed by atoms with Crippen molar-refractivity contribution in [2.45, 2.75) is 78.1 Å². The fraction of sp³-hybridized carbons (Fsp3) is 1.00. The first-order chi connectivity index (χ1) is 8.36. The Labute approximate surface area is 121 Å². The van der Waals surface area contributed by atoms with Crippen LogP contribution in [0.4, 0.5) is 0 Å². The van der Waals surface area contributed by atoms with Crippen molar-refractivity contribution in [1.82, 2.24) is 0 Å². The van der Waals surface area contributed by atoms with Crippen molar-refractivity contribution in [3.63, 3.8) is 0 Å². The lowest BCUT2D eigenvalue weighted by molar-refractivity contribution is -0.909. The number of likely N-dealkylation sites (tertiary alicyclic amines) is 1. The second-order valence-corrected chi connectivity index (χ2v) is 6.02. The first kappa shape index (κ1) is 18.2. The lowest BCUT2D eigenvalue weighted by Gasteiger charge is -2.29. The zero-order valence-electron chi connectivity index (χ0n) is 12.6. The number of rotatable bonds is 9. The molecule has 0 aromatic carbocycles. The van der Waals surface area contributed by atoms with Gasteiger partial charge in [-0.1, -0.05) is 46.0 Å². The van der Waals surface area contributed by atoms with Gasteiger partial charge in [-0.25, -0.2) is 0 Å². The van der Waals surface area contributed by atoms with Crippen molar-refractivity contribution in [3.05, 3.63) is 0 Å². The van der Waals surface area contributed by atoms with Crippen molar-refractivity contribution in [2.24, 2.45) is 5.92 Å². The summed E-state index contributed by atoms with van der Waals surface area (Å²) in [5, 5.41) is 0. The summed E-state index contributed by atoms with van der Waals surface area (Å²) >= 11 is 0. The summed E-state index contributed by atoms with van der Waals surface area (Å²) in [5.41, 5.74) is 0. The molecule has 1 nitrogen and oxygen atoms in total. The fourth-order valence-corrected chi connectivity index (χ4v) is 3.29. The van der Waals surface area contributed by atoms with Crippen LogP contribution < -0.4 is 17.3 Å². The number of unbranched alkanes of at least 4 members (excludes halogenated alkanes) is 5. The molecule has 0 aromatic rings. The molecule has 110 valence electrons. The molecule has 0 saturated carbocycles. The van der Waals surface area contributed by atoms with Crippen molar-refractivity contribution >= 4 is 0 Å². The van der Waals surface area contributed by atoms with Crippen LogP contribution in [-0.4, -0.2) is 19.6 Å². The molecule has 1 aliphatic rings. The third-order valence-electron chi connectivity index (χ3n) is 4.30. The SMILES string of the molecule is CCCCCCCC[NH+]1CCCC(CCC)C1.[Cl-]. The predicted molar refractivity (Wildman–Crippen MR) is 76.6 cm³/mol. The Balaban J connectivity index is 0.00000289. The van der Waals surface area contributed by atoms with E-state index in [0.29, 0.717) is 0 Å². The Bertz CT molecular complexity index is 170. The smallest absolute Gasteiger partial charge is 0.0799 e. The average molecular weight is 276 g/mol. The molecule has 0 bridgehead atoms. The minimum atomic E-state index is 0. The van der Waals surface area contributed by atoms with Crippen LogP contribution in [0, 0.1) is 5.92 Å². The molecule has 2 unspecified atom stereocenters. The molecule has 1 fully saturated rings. The highest BCUT2D eigenvalue weighted by molar-refractivity contribution is 4.61. The maximum Gasteiger partial charge on any atom is 0.0799 e. The van der Waals surface area contributed by atoms with E-state index in [1.54, 1.807) is 0 Å². The van der Waals surface area contributed by atoms with Gasteiger partial charge in [0.15, 0.2) is 0 Å². The first-order valence-corrected chi connectivity index (χ1v) is 8.20. The summed E-state index contributed by atoms with van der Waals surface area (Å²) in [6, 6.07) is 0. The van der Waals surface area contributed by atoms with Crippen LogP contribution in [0.15, 0.2) is 0 Å². The van der Waals surface area contributed by atoms with Gasteiger partial charge in [-0.05, 0) is 32.1 Å². The molecule has 2 heteroatoms. The Morgan fingerprint density at radius 3 is 2.39 bits per heavy atom. The molecule has 1 aliphatic heterocycles. The van der Waals surface area contributed by atoms with E-state index in [0.717, 1.165) is 5.92 Å². The molecular weight excluding hydrogens is 242 g/mol. The topological polar surface area (TPSA) is 4.44 Å². The number of halogens is 1. The summed E-state index contributed by atoms with van der Waals surface area (Å²) in [4.78, 5) is 1.91. The van der Waals surface area contributed by atoms with E-state index in [2.05, 4.69) is 13.8 Å². The average Bonchev–Trinajstić information content (AvgIpc) is 2.35. The summed E-state index contributed by atoms with van der Waals surface area (Å²) in [5.74, 6) is 1.05. The molecule has 1 N–H and O–H groups in total. The third-order valence-corrected chi connectivity index (χ3v) is 4.30. The second-order valence-electron chi connectivity index (χ2n) is 6.02. The van der Waals surface area contributed by atoms with Crippen LogP contribution >= 0.6 is 0 Å². The minimum Gasteiger partial charge on any atom is -1.00 e.